The summed E-state index contributed by atoms with van der Waals surface area (Å²) in [6.07, 6.45) is 1.70. The Morgan fingerprint density at radius 3 is 3.11 bits per heavy atom. The summed E-state index contributed by atoms with van der Waals surface area (Å²) in [7, 11) is 0. The molecule has 1 aliphatic rings. The summed E-state index contributed by atoms with van der Waals surface area (Å²) in [5, 5.41) is 0. The van der Waals surface area contributed by atoms with E-state index in [1.807, 2.05) is 6.92 Å². The average molecular weight is 252 g/mol. The maximum absolute atomic E-state index is 12.7. The van der Waals surface area contributed by atoms with E-state index >= 15 is 0 Å². The fourth-order valence-electron chi connectivity index (χ4n) is 2.02. The lowest BCUT2D eigenvalue weighted by atomic mass is 10.2. The van der Waals surface area contributed by atoms with Crippen LogP contribution in [0.15, 0.2) is 18.3 Å². The molecule has 1 fully saturated rings. The smallest absolute Gasteiger partial charge is 0.182 e. The molecule has 1 atom stereocenters. The van der Waals surface area contributed by atoms with Crippen molar-refractivity contribution >= 4 is 5.78 Å². The molecular weight excluding hydrogens is 235 g/mol. The second-order valence-electron chi connectivity index (χ2n) is 4.52. The number of Topliss-reactive ketones (excluding diaryl/α,β-unsaturated/α-hetero) is 1. The first-order chi connectivity index (χ1) is 8.65. The maximum atomic E-state index is 12.7. The summed E-state index contributed by atoms with van der Waals surface area (Å²) < 4.78 is 18.1. The van der Waals surface area contributed by atoms with Gasteiger partial charge < -0.3 is 4.74 Å². The van der Waals surface area contributed by atoms with Crippen molar-refractivity contribution in [2.45, 2.75) is 19.4 Å². The van der Waals surface area contributed by atoms with E-state index in [4.69, 9.17) is 4.74 Å². The third kappa shape index (κ3) is 3.58. The predicted octanol–water partition coefficient (Wildman–Crippen LogP) is 1.51. The van der Waals surface area contributed by atoms with E-state index < -0.39 is 5.82 Å². The molecule has 2 rings (SSSR count). The van der Waals surface area contributed by atoms with Crippen LogP contribution in [0.5, 0.6) is 0 Å². The molecule has 4 nitrogen and oxygen atoms in total. The van der Waals surface area contributed by atoms with Gasteiger partial charge in [0.25, 0.3) is 0 Å². The largest absolute Gasteiger partial charge is 0.376 e. The van der Waals surface area contributed by atoms with Crippen LogP contribution < -0.4 is 0 Å². The van der Waals surface area contributed by atoms with Crippen LogP contribution in [0, 0.1) is 5.82 Å². The Hall–Kier alpha value is -1.33. The van der Waals surface area contributed by atoms with E-state index in [0.29, 0.717) is 25.3 Å². The van der Waals surface area contributed by atoms with Crippen molar-refractivity contribution in [1.82, 2.24) is 9.88 Å². The summed E-state index contributed by atoms with van der Waals surface area (Å²) in [5.41, 5.74) is 0.331. The van der Waals surface area contributed by atoms with Gasteiger partial charge >= 0.3 is 0 Å². The number of hydrogen-bond acceptors (Lipinski definition) is 4. The molecule has 0 aromatic carbocycles. The molecule has 2 heterocycles. The molecule has 0 radical (unpaired) electrons. The van der Waals surface area contributed by atoms with Crippen molar-refractivity contribution in [3.8, 4) is 0 Å². The standard InChI is InChI=1S/C13H17FN2O2/c1-10-9-16(6-7-18-10)5-4-13(17)12-3-2-11(14)8-15-12/h2-3,8,10H,4-7,9H2,1H3. The maximum Gasteiger partial charge on any atom is 0.182 e. The molecule has 1 saturated heterocycles. The third-order valence-electron chi connectivity index (χ3n) is 2.99. The number of ether oxygens (including phenoxy) is 1. The van der Waals surface area contributed by atoms with Gasteiger partial charge in [0, 0.05) is 26.1 Å². The van der Waals surface area contributed by atoms with Crippen molar-refractivity contribution in [3.63, 3.8) is 0 Å². The van der Waals surface area contributed by atoms with Gasteiger partial charge in [0.2, 0.25) is 0 Å². The van der Waals surface area contributed by atoms with Crippen LogP contribution in [0.1, 0.15) is 23.8 Å². The van der Waals surface area contributed by atoms with E-state index in [-0.39, 0.29) is 11.9 Å². The minimum atomic E-state index is -0.423. The second kappa shape index (κ2) is 6.02. The van der Waals surface area contributed by atoms with E-state index in [0.717, 1.165) is 19.3 Å². The van der Waals surface area contributed by atoms with E-state index in [1.165, 1.54) is 12.1 Å². The number of carbonyl (C=O) groups is 1. The molecule has 5 heteroatoms. The van der Waals surface area contributed by atoms with Gasteiger partial charge in [0.05, 0.1) is 18.9 Å². The van der Waals surface area contributed by atoms with Crippen LogP contribution in [0.25, 0.3) is 0 Å². The van der Waals surface area contributed by atoms with Crippen molar-refractivity contribution in [1.29, 1.82) is 0 Å². The quantitative estimate of drug-likeness (QED) is 0.762. The number of nitrogens with zero attached hydrogens (tertiary/aromatic N) is 2. The van der Waals surface area contributed by atoms with Gasteiger partial charge in [-0.05, 0) is 19.1 Å². The fraction of sp³-hybridized carbons (Fsp3) is 0.538. The van der Waals surface area contributed by atoms with E-state index in [9.17, 15) is 9.18 Å². The Bertz CT molecular complexity index is 408. The first-order valence-corrected chi connectivity index (χ1v) is 6.14. The topological polar surface area (TPSA) is 42.4 Å². The first-order valence-electron chi connectivity index (χ1n) is 6.14. The summed E-state index contributed by atoms with van der Waals surface area (Å²) in [6, 6.07) is 2.69. The number of carbonyl (C=O) groups excluding carboxylic acids is 1. The molecule has 0 saturated carbocycles. The number of halogens is 1. The van der Waals surface area contributed by atoms with Gasteiger partial charge in [-0.2, -0.15) is 0 Å². The number of rotatable bonds is 4. The first kappa shape index (κ1) is 13.1. The minimum absolute atomic E-state index is 0.0471. The molecule has 1 aromatic heterocycles. The Labute approximate surface area is 106 Å². The van der Waals surface area contributed by atoms with Crippen molar-refractivity contribution < 1.29 is 13.9 Å². The predicted molar refractivity (Wildman–Crippen MR) is 65.0 cm³/mol. The molecular formula is C13H17FN2O2. The van der Waals surface area contributed by atoms with Crippen LogP contribution in [-0.2, 0) is 4.74 Å². The lowest BCUT2D eigenvalue weighted by Gasteiger charge is -2.30. The number of ketones is 1. The zero-order valence-electron chi connectivity index (χ0n) is 10.4. The summed E-state index contributed by atoms with van der Waals surface area (Å²) >= 11 is 0. The number of aromatic nitrogens is 1. The zero-order valence-corrected chi connectivity index (χ0v) is 10.4. The molecule has 0 bridgehead atoms. The lowest BCUT2D eigenvalue weighted by Crippen LogP contribution is -2.41. The molecule has 0 aliphatic carbocycles. The van der Waals surface area contributed by atoms with E-state index in [1.54, 1.807) is 0 Å². The molecule has 18 heavy (non-hydrogen) atoms. The van der Waals surface area contributed by atoms with Crippen LogP contribution >= 0.6 is 0 Å². The highest BCUT2D eigenvalue weighted by Gasteiger charge is 2.17. The molecule has 0 spiro atoms. The van der Waals surface area contributed by atoms with Gasteiger partial charge in [-0.15, -0.1) is 0 Å². The third-order valence-corrected chi connectivity index (χ3v) is 2.99. The normalized spacial score (nSPS) is 20.9. The van der Waals surface area contributed by atoms with Crippen LogP contribution in [0.3, 0.4) is 0 Å². The zero-order chi connectivity index (χ0) is 13.0. The molecule has 0 amide bonds. The Balaban J connectivity index is 1.82. The van der Waals surface area contributed by atoms with Crippen molar-refractivity contribution in [2.24, 2.45) is 0 Å². The molecule has 1 unspecified atom stereocenters. The molecule has 0 N–H and O–H groups in total. The summed E-state index contributed by atoms with van der Waals surface area (Å²) in [4.78, 5) is 17.8. The summed E-state index contributed by atoms with van der Waals surface area (Å²) in [5.74, 6) is -0.470. The van der Waals surface area contributed by atoms with Crippen molar-refractivity contribution in [3.05, 3.63) is 29.8 Å². The molecule has 98 valence electrons. The highest BCUT2D eigenvalue weighted by Crippen LogP contribution is 2.07. The Morgan fingerprint density at radius 1 is 1.61 bits per heavy atom. The Morgan fingerprint density at radius 2 is 2.44 bits per heavy atom. The minimum Gasteiger partial charge on any atom is -0.376 e. The van der Waals surface area contributed by atoms with Crippen LogP contribution in [0.4, 0.5) is 4.39 Å². The van der Waals surface area contributed by atoms with Gasteiger partial charge in [0.1, 0.15) is 11.5 Å². The van der Waals surface area contributed by atoms with Gasteiger partial charge in [0.15, 0.2) is 5.78 Å². The Kier molecular flexibility index (Phi) is 4.38. The fourth-order valence-corrected chi connectivity index (χ4v) is 2.02. The monoisotopic (exact) mass is 252 g/mol. The van der Waals surface area contributed by atoms with E-state index in [2.05, 4.69) is 9.88 Å². The number of morpholine rings is 1. The van der Waals surface area contributed by atoms with Gasteiger partial charge in [-0.3, -0.25) is 14.7 Å². The molecule has 1 aliphatic heterocycles. The average Bonchev–Trinajstić information content (AvgIpc) is 2.37. The van der Waals surface area contributed by atoms with Crippen LogP contribution in [0.2, 0.25) is 0 Å². The number of pyridine rings is 1. The number of hydrogen-bond donors (Lipinski definition) is 0. The highest BCUT2D eigenvalue weighted by atomic mass is 19.1. The highest BCUT2D eigenvalue weighted by molar-refractivity contribution is 5.94. The lowest BCUT2D eigenvalue weighted by molar-refractivity contribution is -0.0180. The second-order valence-corrected chi connectivity index (χ2v) is 4.52. The summed E-state index contributed by atoms with van der Waals surface area (Å²) in [6.45, 7) is 5.14. The SMILES string of the molecule is CC1CN(CCC(=O)c2ccc(F)cn2)CCO1. The van der Waals surface area contributed by atoms with Crippen LogP contribution in [-0.4, -0.2) is 48.0 Å². The van der Waals surface area contributed by atoms with Crippen molar-refractivity contribution in [2.75, 3.05) is 26.2 Å². The van der Waals surface area contributed by atoms with Gasteiger partial charge in [-0.25, -0.2) is 4.39 Å². The molecule has 1 aromatic rings. The van der Waals surface area contributed by atoms with Gasteiger partial charge in [-0.1, -0.05) is 0 Å².